The summed E-state index contributed by atoms with van der Waals surface area (Å²) in [6.45, 7) is 11.5. The fourth-order valence-corrected chi connectivity index (χ4v) is 11.2. The third kappa shape index (κ3) is 3.61. The van der Waals surface area contributed by atoms with Crippen LogP contribution >= 0.6 is 7.92 Å². The van der Waals surface area contributed by atoms with Crippen LogP contribution in [0.3, 0.4) is 0 Å². The normalized spacial score (nSPS) is 41.7. The van der Waals surface area contributed by atoms with Crippen molar-refractivity contribution in [2.24, 2.45) is 29.6 Å². The van der Waals surface area contributed by atoms with E-state index < -0.39 is 0 Å². The van der Waals surface area contributed by atoms with Crippen molar-refractivity contribution in [1.29, 1.82) is 0 Å². The second-order valence-electron chi connectivity index (χ2n) is 10.8. The minimum atomic E-state index is -0.354. The van der Waals surface area contributed by atoms with Gasteiger partial charge in [0.2, 0.25) is 6.29 Å². The van der Waals surface area contributed by atoms with Crippen LogP contribution in [0.2, 0.25) is 0 Å². The maximum Gasteiger partial charge on any atom is 0.312 e. The Kier molecular flexibility index (Phi) is 5.80. The zero-order chi connectivity index (χ0) is 21.9. The molecule has 3 fully saturated rings. The van der Waals surface area contributed by atoms with Crippen molar-refractivity contribution < 1.29 is 14.3 Å². The third-order valence-corrected chi connectivity index (χ3v) is 12.2. The lowest BCUT2D eigenvalue weighted by Gasteiger charge is -2.39. The van der Waals surface area contributed by atoms with Crippen LogP contribution in [0.25, 0.3) is 0 Å². The summed E-state index contributed by atoms with van der Waals surface area (Å²) in [6, 6.07) is 10.8. The lowest BCUT2D eigenvalue weighted by atomic mass is 9.75. The van der Waals surface area contributed by atoms with Gasteiger partial charge in [-0.15, -0.1) is 0 Å². The molecule has 1 aromatic rings. The van der Waals surface area contributed by atoms with Crippen LogP contribution in [0.15, 0.2) is 41.5 Å². The van der Waals surface area contributed by atoms with Crippen LogP contribution < -0.4 is 0 Å². The Labute approximate surface area is 188 Å². The van der Waals surface area contributed by atoms with Gasteiger partial charge in [0.05, 0.1) is 12.0 Å². The molecule has 1 aromatic carbocycles. The largest absolute Gasteiger partial charge is 0.435 e. The molecule has 168 valence electrons. The van der Waals surface area contributed by atoms with Crippen LogP contribution in [-0.2, 0) is 20.4 Å². The third-order valence-electron chi connectivity index (χ3n) is 8.64. The van der Waals surface area contributed by atoms with E-state index in [2.05, 4.69) is 65.0 Å². The van der Waals surface area contributed by atoms with Gasteiger partial charge in [-0.2, -0.15) is 0 Å². The molecule has 31 heavy (non-hydrogen) atoms. The predicted octanol–water partition coefficient (Wildman–Crippen LogP) is 6.36. The summed E-state index contributed by atoms with van der Waals surface area (Å²) in [5, 5.41) is 0. The summed E-state index contributed by atoms with van der Waals surface area (Å²) in [6.07, 6.45) is 4.56. The first-order valence-electron chi connectivity index (χ1n) is 12.2. The molecule has 3 unspecified atom stereocenters. The zero-order valence-electron chi connectivity index (χ0n) is 19.6. The van der Waals surface area contributed by atoms with E-state index in [1.807, 2.05) is 0 Å². The molecule has 0 aromatic heterocycles. The number of esters is 1. The molecular formula is C27H37O3P. The monoisotopic (exact) mass is 440 g/mol. The Hall–Kier alpha value is -1.18. The van der Waals surface area contributed by atoms with Gasteiger partial charge in [0.25, 0.3) is 0 Å². The molecule has 0 N–H and O–H groups in total. The van der Waals surface area contributed by atoms with Gasteiger partial charge in [-0.1, -0.05) is 76.6 Å². The predicted molar refractivity (Wildman–Crippen MR) is 126 cm³/mol. The maximum atomic E-state index is 13.1. The van der Waals surface area contributed by atoms with E-state index in [4.69, 9.17) is 9.47 Å². The average molecular weight is 441 g/mol. The number of cyclic esters (lactones) is 1. The molecular weight excluding hydrogens is 403 g/mol. The first kappa shape index (κ1) is 21.7. The van der Waals surface area contributed by atoms with Crippen molar-refractivity contribution >= 4 is 13.9 Å². The highest BCUT2D eigenvalue weighted by Crippen LogP contribution is 2.73. The summed E-state index contributed by atoms with van der Waals surface area (Å²) >= 11 is 0. The fraction of sp³-hybridized carbons (Fsp3) is 0.667. The molecule has 3 aliphatic heterocycles. The highest BCUT2D eigenvalue weighted by Gasteiger charge is 2.65. The first-order valence-corrected chi connectivity index (χ1v) is 13.9. The fourth-order valence-electron chi connectivity index (χ4n) is 6.96. The molecule has 5 rings (SSSR count). The Morgan fingerprint density at radius 1 is 1.10 bits per heavy atom. The molecule has 2 saturated heterocycles. The van der Waals surface area contributed by atoms with Gasteiger partial charge < -0.3 is 9.47 Å². The quantitative estimate of drug-likeness (QED) is 0.303. The van der Waals surface area contributed by atoms with Crippen LogP contribution in [0.5, 0.6) is 0 Å². The molecule has 1 aliphatic carbocycles. The van der Waals surface area contributed by atoms with Crippen LogP contribution in [0.1, 0.15) is 59.4 Å². The average Bonchev–Trinajstić information content (AvgIpc) is 3.30. The van der Waals surface area contributed by atoms with Gasteiger partial charge in [-0.3, -0.25) is 4.79 Å². The number of ether oxygens (including phenoxy) is 2. The van der Waals surface area contributed by atoms with Crippen molar-refractivity contribution in [3.05, 3.63) is 47.0 Å². The Balaban J connectivity index is 1.41. The molecule has 0 amide bonds. The summed E-state index contributed by atoms with van der Waals surface area (Å²) in [7, 11) is -0.308. The number of allylic oxidation sites excluding steroid dienone is 2. The van der Waals surface area contributed by atoms with Crippen LogP contribution in [0, 0.1) is 29.6 Å². The lowest BCUT2D eigenvalue weighted by molar-refractivity contribution is -0.195. The molecule has 9 atom stereocenters. The van der Waals surface area contributed by atoms with Gasteiger partial charge in [-0.25, -0.2) is 0 Å². The summed E-state index contributed by atoms with van der Waals surface area (Å²) in [5.41, 5.74) is 5.20. The number of carbonyl (C=O) groups is 1. The van der Waals surface area contributed by atoms with Crippen LogP contribution in [0.4, 0.5) is 0 Å². The minimum Gasteiger partial charge on any atom is -0.435 e. The molecule has 0 radical (unpaired) electrons. The number of fused-ring (bicyclic) bond motifs is 5. The Bertz CT molecular complexity index is 862. The SMILES string of the molecule is CC1=C(C)[C@H]2C3C(=O)O[C@@H](O[C@@H]4C[C@H](C)CC[C@H]4C(C)C)C3[C@@H]1P2Cc1ccccc1. The minimum absolute atomic E-state index is 0.000124. The molecule has 3 nitrogen and oxygen atoms in total. The smallest absolute Gasteiger partial charge is 0.312 e. The lowest BCUT2D eigenvalue weighted by Crippen LogP contribution is -2.41. The van der Waals surface area contributed by atoms with E-state index in [-0.39, 0.29) is 38.1 Å². The summed E-state index contributed by atoms with van der Waals surface area (Å²) < 4.78 is 12.8. The molecule has 4 aliphatic rings. The van der Waals surface area contributed by atoms with Gasteiger partial charge in [0.15, 0.2) is 0 Å². The first-order chi connectivity index (χ1) is 14.9. The van der Waals surface area contributed by atoms with Gasteiger partial charge in [0.1, 0.15) is 0 Å². The van der Waals surface area contributed by atoms with E-state index >= 15 is 0 Å². The maximum absolute atomic E-state index is 13.1. The van der Waals surface area contributed by atoms with E-state index in [1.165, 1.54) is 29.6 Å². The zero-order valence-corrected chi connectivity index (χ0v) is 20.5. The van der Waals surface area contributed by atoms with Gasteiger partial charge in [-0.05, 0) is 56.2 Å². The van der Waals surface area contributed by atoms with E-state index in [9.17, 15) is 4.79 Å². The number of carbonyl (C=O) groups excluding carboxylic acids is 1. The highest BCUT2D eigenvalue weighted by molar-refractivity contribution is 7.59. The van der Waals surface area contributed by atoms with Gasteiger partial charge >= 0.3 is 5.97 Å². The molecule has 2 bridgehead atoms. The van der Waals surface area contributed by atoms with E-state index in [0.29, 0.717) is 29.1 Å². The van der Waals surface area contributed by atoms with E-state index in [0.717, 1.165) is 12.6 Å². The number of hydrogen-bond acceptors (Lipinski definition) is 3. The summed E-state index contributed by atoms with van der Waals surface area (Å²) in [5.74, 6) is 2.07. The molecule has 1 saturated carbocycles. The topological polar surface area (TPSA) is 35.5 Å². The highest BCUT2D eigenvalue weighted by atomic mass is 31.1. The van der Waals surface area contributed by atoms with Crippen molar-refractivity contribution in [3.8, 4) is 0 Å². The Morgan fingerprint density at radius 3 is 2.52 bits per heavy atom. The number of hydrogen-bond donors (Lipinski definition) is 0. The van der Waals surface area contributed by atoms with Crippen LogP contribution in [-0.4, -0.2) is 29.7 Å². The second-order valence-corrected chi connectivity index (χ2v) is 13.3. The standard InChI is InChI=1S/C27H37O3P/c1-15(2)20-12-11-16(3)13-21(20)29-27-23-22(26(28)30-27)24-17(4)18(5)25(23)31(24)14-19-9-7-6-8-10-19/h6-10,15-16,20-25,27H,11-14H2,1-5H3/t16-,20+,21-,22?,23?,24+,25-,27-,31?/m1/s1. The number of benzene rings is 1. The van der Waals surface area contributed by atoms with Crippen molar-refractivity contribution in [2.45, 2.75) is 83.8 Å². The van der Waals surface area contributed by atoms with Crippen molar-refractivity contribution in [2.75, 3.05) is 0 Å². The summed E-state index contributed by atoms with van der Waals surface area (Å²) in [4.78, 5) is 13.1. The van der Waals surface area contributed by atoms with Crippen molar-refractivity contribution in [1.82, 2.24) is 0 Å². The number of rotatable bonds is 5. The molecule has 4 heteroatoms. The molecule has 3 heterocycles. The van der Waals surface area contributed by atoms with E-state index in [1.54, 1.807) is 0 Å². The second kappa shape index (κ2) is 8.31. The molecule has 0 spiro atoms. The Morgan fingerprint density at radius 2 is 1.81 bits per heavy atom. The van der Waals surface area contributed by atoms with Crippen molar-refractivity contribution in [3.63, 3.8) is 0 Å². The van der Waals surface area contributed by atoms with Gasteiger partial charge in [0, 0.05) is 17.2 Å².